The molecule has 2 rings (SSSR count). The zero-order chi connectivity index (χ0) is 15.5. The van der Waals surface area contributed by atoms with Crippen LogP contribution in [0.3, 0.4) is 0 Å². The second-order valence-corrected chi connectivity index (χ2v) is 6.84. The van der Waals surface area contributed by atoms with Crippen LogP contribution in [0.5, 0.6) is 0 Å². The summed E-state index contributed by atoms with van der Waals surface area (Å²) < 4.78 is 2.08. The fraction of sp³-hybridized carbons (Fsp3) is 0.824. The number of aromatic nitrogens is 2. The molecule has 1 saturated heterocycles. The lowest BCUT2D eigenvalue weighted by atomic mass is 9.78. The molecule has 0 aliphatic carbocycles. The molecular weight excluding hydrogens is 260 g/mol. The van der Waals surface area contributed by atoms with E-state index in [4.69, 9.17) is 0 Å². The van der Waals surface area contributed by atoms with E-state index in [1.807, 2.05) is 0 Å². The summed E-state index contributed by atoms with van der Waals surface area (Å²) in [6.07, 6.45) is 5.04. The second kappa shape index (κ2) is 6.82. The van der Waals surface area contributed by atoms with Gasteiger partial charge in [0.25, 0.3) is 0 Å². The lowest BCUT2D eigenvalue weighted by Gasteiger charge is -2.40. The molecule has 0 radical (unpaired) electrons. The van der Waals surface area contributed by atoms with Crippen molar-refractivity contribution in [2.24, 2.45) is 12.5 Å². The van der Waals surface area contributed by atoms with Crippen LogP contribution in [-0.4, -0.2) is 29.4 Å². The zero-order valence-electron chi connectivity index (χ0n) is 14.5. The number of piperidine rings is 1. The summed E-state index contributed by atoms with van der Waals surface area (Å²) in [5.41, 5.74) is 3.08. The Hall–Kier alpha value is -1.03. The normalized spacial score (nSPS) is 18.2. The molecule has 0 saturated carbocycles. The van der Waals surface area contributed by atoms with Gasteiger partial charge in [-0.2, -0.15) is 5.10 Å². The molecule has 1 aliphatic heterocycles. The van der Waals surface area contributed by atoms with Gasteiger partial charge in [-0.25, -0.2) is 0 Å². The Labute approximate surface area is 129 Å². The smallest absolute Gasteiger partial charge is 0.131 e. The third-order valence-electron chi connectivity index (χ3n) is 5.17. The molecule has 0 amide bonds. The van der Waals surface area contributed by atoms with Crippen molar-refractivity contribution in [1.29, 1.82) is 0 Å². The SMILES string of the molecule is CCCNCc1c(C)nn(C)c1N1CCC(C)(CC)CC1. The van der Waals surface area contributed by atoms with Crippen LogP contribution in [0.2, 0.25) is 0 Å². The van der Waals surface area contributed by atoms with Gasteiger partial charge in [0.15, 0.2) is 0 Å². The average molecular weight is 292 g/mol. The first kappa shape index (κ1) is 16.3. The van der Waals surface area contributed by atoms with Crippen molar-refractivity contribution in [1.82, 2.24) is 15.1 Å². The van der Waals surface area contributed by atoms with E-state index in [1.165, 1.54) is 42.8 Å². The zero-order valence-corrected chi connectivity index (χ0v) is 14.5. The van der Waals surface area contributed by atoms with E-state index in [2.05, 4.69) is 54.7 Å². The molecule has 4 nitrogen and oxygen atoms in total. The molecule has 2 heterocycles. The van der Waals surface area contributed by atoms with Gasteiger partial charge in [0.1, 0.15) is 5.82 Å². The van der Waals surface area contributed by atoms with Crippen molar-refractivity contribution in [3.8, 4) is 0 Å². The van der Waals surface area contributed by atoms with Crippen LogP contribution in [0.25, 0.3) is 0 Å². The maximum atomic E-state index is 4.66. The maximum Gasteiger partial charge on any atom is 0.131 e. The highest BCUT2D eigenvalue weighted by molar-refractivity contribution is 5.50. The predicted octanol–water partition coefficient (Wildman–Crippen LogP) is 3.24. The van der Waals surface area contributed by atoms with Crippen LogP contribution < -0.4 is 10.2 Å². The number of nitrogens with zero attached hydrogens (tertiary/aromatic N) is 3. The largest absolute Gasteiger partial charge is 0.357 e. The standard InChI is InChI=1S/C17H32N4/c1-6-10-18-13-15-14(3)19-20(5)16(15)21-11-8-17(4,7-2)9-12-21/h18H,6-13H2,1-5H3. The number of aryl methyl sites for hydroxylation is 2. The summed E-state index contributed by atoms with van der Waals surface area (Å²) in [5, 5.41) is 8.19. The summed E-state index contributed by atoms with van der Waals surface area (Å²) in [7, 11) is 2.08. The molecule has 0 unspecified atom stereocenters. The monoisotopic (exact) mass is 292 g/mol. The van der Waals surface area contributed by atoms with E-state index in [0.717, 1.165) is 26.2 Å². The van der Waals surface area contributed by atoms with E-state index in [0.29, 0.717) is 5.41 Å². The number of hydrogen-bond acceptors (Lipinski definition) is 3. The van der Waals surface area contributed by atoms with Crippen molar-refractivity contribution < 1.29 is 0 Å². The van der Waals surface area contributed by atoms with Gasteiger partial charge in [-0.05, 0) is 38.1 Å². The van der Waals surface area contributed by atoms with E-state index in [-0.39, 0.29) is 0 Å². The molecule has 1 aromatic rings. The van der Waals surface area contributed by atoms with Gasteiger partial charge in [0.2, 0.25) is 0 Å². The Morgan fingerprint density at radius 3 is 2.48 bits per heavy atom. The van der Waals surface area contributed by atoms with Crippen molar-refractivity contribution in [3.63, 3.8) is 0 Å². The molecule has 0 atom stereocenters. The van der Waals surface area contributed by atoms with Gasteiger partial charge in [0, 0.05) is 32.2 Å². The van der Waals surface area contributed by atoms with Gasteiger partial charge in [-0.15, -0.1) is 0 Å². The summed E-state index contributed by atoms with van der Waals surface area (Å²) in [6.45, 7) is 13.4. The Balaban J connectivity index is 2.12. The molecular formula is C17H32N4. The van der Waals surface area contributed by atoms with Crippen molar-refractivity contribution in [3.05, 3.63) is 11.3 Å². The first-order chi connectivity index (χ1) is 10.0. The lowest BCUT2D eigenvalue weighted by molar-refractivity contribution is 0.237. The lowest BCUT2D eigenvalue weighted by Crippen LogP contribution is -2.40. The Morgan fingerprint density at radius 2 is 1.90 bits per heavy atom. The number of hydrogen-bond donors (Lipinski definition) is 1. The molecule has 0 aromatic carbocycles. The summed E-state index contributed by atoms with van der Waals surface area (Å²) in [5.74, 6) is 1.33. The third-order valence-corrected chi connectivity index (χ3v) is 5.17. The molecule has 1 aliphatic rings. The minimum Gasteiger partial charge on any atom is -0.357 e. The van der Waals surface area contributed by atoms with Gasteiger partial charge in [-0.3, -0.25) is 4.68 Å². The predicted molar refractivity (Wildman–Crippen MR) is 89.8 cm³/mol. The van der Waals surface area contributed by atoms with Crippen LogP contribution in [-0.2, 0) is 13.6 Å². The highest BCUT2D eigenvalue weighted by atomic mass is 15.4. The number of anilines is 1. The first-order valence-electron chi connectivity index (χ1n) is 8.49. The summed E-state index contributed by atoms with van der Waals surface area (Å²) in [4.78, 5) is 2.54. The Bertz CT molecular complexity index is 456. The van der Waals surface area contributed by atoms with Crippen LogP contribution in [0.1, 0.15) is 57.7 Å². The quantitative estimate of drug-likeness (QED) is 0.817. The summed E-state index contributed by atoms with van der Waals surface area (Å²) in [6, 6.07) is 0. The molecule has 1 aromatic heterocycles. The van der Waals surface area contributed by atoms with Gasteiger partial charge in [-0.1, -0.05) is 27.2 Å². The molecule has 120 valence electrons. The molecule has 0 spiro atoms. The average Bonchev–Trinajstić information content (AvgIpc) is 2.75. The number of rotatable bonds is 6. The fourth-order valence-electron chi connectivity index (χ4n) is 3.29. The topological polar surface area (TPSA) is 33.1 Å². The highest BCUT2D eigenvalue weighted by Crippen LogP contribution is 2.36. The second-order valence-electron chi connectivity index (χ2n) is 6.84. The van der Waals surface area contributed by atoms with Gasteiger partial charge >= 0.3 is 0 Å². The van der Waals surface area contributed by atoms with E-state index < -0.39 is 0 Å². The van der Waals surface area contributed by atoms with Gasteiger partial charge in [0.05, 0.1) is 5.69 Å². The molecule has 4 heteroatoms. The first-order valence-corrected chi connectivity index (χ1v) is 8.49. The minimum absolute atomic E-state index is 0.533. The maximum absolute atomic E-state index is 4.66. The van der Waals surface area contributed by atoms with Crippen molar-refractivity contribution in [2.75, 3.05) is 24.5 Å². The van der Waals surface area contributed by atoms with Crippen LogP contribution in [0, 0.1) is 12.3 Å². The van der Waals surface area contributed by atoms with E-state index in [9.17, 15) is 0 Å². The fourth-order valence-corrected chi connectivity index (χ4v) is 3.29. The van der Waals surface area contributed by atoms with Crippen LogP contribution in [0.15, 0.2) is 0 Å². The van der Waals surface area contributed by atoms with Crippen LogP contribution in [0.4, 0.5) is 5.82 Å². The molecule has 1 N–H and O–H groups in total. The Morgan fingerprint density at radius 1 is 1.24 bits per heavy atom. The number of nitrogens with one attached hydrogen (secondary N) is 1. The molecule has 1 fully saturated rings. The molecule has 0 bridgehead atoms. The highest BCUT2D eigenvalue weighted by Gasteiger charge is 2.30. The van der Waals surface area contributed by atoms with Crippen molar-refractivity contribution >= 4 is 5.82 Å². The van der Waals surface area contributed by atoms with E-state index >= 15 is 0 Å². The van der Waals surface area contributed by atoms with Crippen LogP contribution >= 0.6 is 0 Å². The molecule has 21 heavy (non-hydrogen) atoms. The third kappa shape index (κ3) is 3.60. The summed E-state index contributed by atoms with van der Waals surface area (Å²) >= 11 is 0. The van der Waals surface area contributed by atoms with E-state index in [1.54, 1.807) is 0 Å². The van der Waals surface area contributed by atoms with Gasteiger partial charge < -0.3 is 10.2 Å². The van der Waals surface area contributed by atoms with Crippen molar-refractivity contribution in [2.45, 2.75) is 59.9 Å². The minimum atomic E-state index is 0.533. The Kier molecular flexibility index (Phi) is 5.31.